The number of aryl methyl sites for hydroxylation is 1. The minimum absolute atomic E-state index is 0.0308. The maximum atomic E-state index is 12.9. The molecule has 0 radical (unpaired) electrons. The summed E-state index contributed by atoms with van der Waals surface area (Å²) in [6, 6.07) is 16.8. The van der Waals surface area contributed by atoms with E-state index in [1.165, 1.54) is 0 Å². The molecule has 0 aromatic heterocycles. The third-order valence-corrected chi connectivity index (χ3v) is 4.94. The van der Waals surface area contributed by atoms with Crippen LogP contribution in [0.25, 0.3) is 0 Å². The average Bonchev–Trinajstić information content (AvgIpc) is 2.70. The Bertz CT molecular complexity index is 753. The third-order valence-electron chi connectivity index (χ3n) is 4.94. The van der Waals surface area contributed by atoms with E-state index in [1.807, 2.05) is 61.5 Å². The number of nitrogens with one attached hydrogen (secondary N) is 3. The van der Waals surface area contributed by atoms with E-state index in [9.17, 15) is 9.59 Å². The highest BCUT2D eigenvalue weighted by Gasteiger charge is 2.27. The second-order valence-electron chi connectivity index (χ2n) is 7.13. The number of carbonyl (C=O) groups is 2. The van der Waals surface area contributed by atoms with Crippen LogP contribution < -0.4 is 16.0 Å². The van der Waals surface area contributed by atoms with Gasteiger partial charge in [-0.3, -0.25) is 9.59 Å². The van der Waals surface area contributed by atoms with E-state index in [2.05, 4.69) is 16.0 Å². The van der Waals surface area contributed by atoms with Gasteiger partial charge in [0.15, 0.2) is 0 Å². The van der Waals surface area contributed by atoms with E-state index >= 15 is 0 Å². The van der Waals surface area contributed by atoms with E-state index < -0.39 is 6.04 Å². The summed E-state index contributed by atoms with van der Waals surface area (Å²) in [5.41, 5.74) is 2.89. The van der Waals surface area contributed by atoms with Crippen molar-refractivity contribution in [1.29, 1.82) is 0 Å². The SMILES string of the molecule is Cc1ccc(NC(=O)[C@H](Cc2ccccc2)NC(=O)C2CCNCC2)cc1. The number of benzene rings is 2. The second kappa shape index (κ2) is 9.33. The standard InChI is InChI=1S/C22H27N3O2/c1-16-7-9-19(10-8-16)24-22(27)20(15-17-5-3-2-4-6-17)25-21(26)18-11-13-23-14-12-18/h2-10,18,20,23H,11-15H2,1H3,(H,24,27)(H,25,26)/t20-/m0/s1. The van der Waals surface area contributed by atoms with Crippen LogP contribution in [0.4, 0.5) is 5.69 Å². The van der Waals surface area contributed by atoms with Crippen LogP contribution >= 0.6 is 0 Å². The van der Waals surface area contributed by atoms with Crippen LogP contribution in [-0.4, -0.2) is 30.9 Å². The first-order valence-corrected chi connectivity index (χ1v) is 9.54. The first-order chi connectivity index (χ1) is 13.1. The number of hydrogen-bond acceptors (Lipinski definition) is 3. The molecule has 0 bridgehead atoms. The van der Waals surface area contributed by atoms with Gasteiger partial charge in [-0.15, -0.1) is 0 Å². The summed E-state index contributed by atoms with van der Waals surface area (Å²) in [6.07, 6.45) is 2.09. The molecule has 1 saturated heterocycles. The van der Waals surface area contributed by atoms with Gasteiger partial charge in [0.25, 0.3) is 0 Å². The van der Waals surface area contributed by atoms with Gasteiger partial charge in [-0.05, 0) is 50.6 Å². The van der Waals surface area contributed by atoms with Gasteiger partial charge < -0.3 is 16.0 Å². The summed E-state index contributed by atoms with van der Waals surface area (Å²) in [6.45, 7) is 3.69. The normalized spacial score (nSPS) is 15.7. The van der Waals surface area contributed by atoms with E-state index in [1.54, 1.807) is 0 Å². The minimum atomic E-state index is -0.601. The fourth-order valence-corrected chi connectivity index (χ4v) is 3.30. The largest absolute Gasteiger partial charge is 0.344 e. The first kappa shape index (κ1) is 19.1. The summed E-state index contributed by atoms with van der Waals surface area (Å²) in [4.78, 5) is 25.6. The minimum Gasteiger partial charge on any atom is -0.344 e. The van der Waals surface area contributed by atoms with Gasteiger partial charge in [0, 0.05) is 18.0 Å². The second-order valence-corrected chi connectivity index (χ2v) is 7.13. The van der Waals surface area contributed by atoms with E-state index in [4.69, 9.17) is 0 Å². The maximum Gasteiger partial charge on any atom is 0.247 e. The quantitative estimate of drug-likeness (QED) is 0.737. The zero-order valence-electron chi connectivity index (χ0n) is 15.7. The average molecular weight is 365 g/mol. The molecule has 1 aliphatic heterocycles. The molecule has 5 nitrogen and oxygen atoms in total. The monoisotopic (exact) mass is 365 g/mol. The van der Waals surface area contributed by atoms with Crippen molar-refractivity contribution < 1.29 is 9.59 Å². The van der Waals surface area contributed by atoms with E-state index in [-0.39, 0.29) is 17.7 Å². The Kier molecular flexibility index (Phi) is 6.60. The Hall–Kier alpha value is -2.66. The Labute approximate surface area is 160 Å². The molecule has 27 heavy (non-hydrogen) atoms. The number of hydrogen-bond donors (Lipinski definition) is 3. The van der Waals surface area contributed by atoms with Crippen LogP contribution in [0.2, 0.25) is 0 Å². The lowest BCUT2D eigenvalue weighted by molar-refractivity contribution is -0.129. The maximum absolute atomic E-state index is 12.9. The molecular weight excluding hydrogens is 338 g/mol. The van der Waals surface area contributed by atoms with Crippen molar-refractivity contribution in [3.63, 3.8) is 0 Å². The van der Waals surface area contributed by atoms with Crippen molar-refractivity contribution in [2.45, 2.75) is 32.2 Å². The van der Waals surface area contributed by atoms with Crippen molar-refractivity contribution >= 4 is 17.5 Å². The van der Waals surface area contributed by atoms with Crippen molar-refractivity contribution in [1.82, 2.24) is 10.6 Å². The molecule has 0 saturated carbocycles. The van der Waals surface area contributed by atoms with Crippen molar-refractivity contribution in [2.75, 3.05) is 18.4 Å². The predicted octanol–water partition coefficient (Wildman–Crippen LogP) is 2.66. The molecule has 3 N–H and O–H groups in total. The van der Waals surface area contributed by atoms with E-state index in [0.29, 0.717) is 6.42 Å². The highest BCUT2D eigenvalue weighted by molar-refractivity contribution is 5.97. The summed E-state index contributed by atoms with van der Waals surface area (Å²) in [7, 11) is 0. The van der Waals surface area contributed by atoms with Crippen molar-refractivity contribution in [3.05, 3.63) is 65.7 Å². The predicted molar refractivity (Wildman–Crippen MR) is 107 cm³/mol. The van der Waals surface area contributed by atoms with Crippen molar-refractivity contribution in [2.24, 2.45) is 5.92 Å². The molecule has 0 aliphatic carbocycles. The molecule has 0 spiro atoms. The zero-order chi connectivity index (χ0) is 19.1. The van der Waals surface area contributed by atoms with Gasteiger partial charge in [0.1, 0.15) is 6.04 Å². The molecule has 5 heteroatoms. The Morgan fingerprint density at radius 2 is 1.70 bits per heavy atom. The molecule has 3 rings (SSSR count). The lowest BCUT2D eigenvalue weighted by atomic mass is 9.96. The summed E-state index contributed by atoms with van der Waals surface area (Å²) in [5.74, 6) is -0.252. The molecule has 2 amide bonds. The Balaban J connectivity index is 1.70. The topological polar surface area (TPSA) is 70.2 Å². The van der Waals surface area contributed by atoms with Crippen LogP contribution in [0.1, 0.15) is 24.0 Å². The number of carbonyl (C=O) groups excluding carboxylic acids is 2. The molecular formula is C22H27N3O2. The Morgan fingerprint density at radius 3 is 2.37 bits per heavy atom. The highest BCUT2D eigenvalue weighted by atomic mass is 16.2. The van der Waals surface area contributed by atoms with Crippen LogP contribution in [0.5, 0.6) is 0 Å². The first-order valence-electron chi connectivity index (χ1n) is 9.54. The molecule has 142 valence electrons. The molecule has 1 atom stereocenters. The molecule has 1 heterocycles. The fourth-order valence-electron chi connectivity index (χ4n) is 3.30. The number of rotatable bonds is 6. The van der Waals surface area contributed by atoms with Crippen LogP contribution in [0.15, 0.2) is 54.6 Å². The molecule has 1 fully saturated rings. The van der Waals surface area contributed by atoms with Gasteiger partial charge in [-0.2, -0.15) is 0 Å². The van der Waals surface area contributed by atoms with Gasteiger partial charge in [-0.1, -0.05) is 48.0 Å². The van der Waals surface area contributed by atoms with Crippen LogP contribution in [-0.2, 0) is 16.0 Å². The number of anilines is 1. The number of amides is 2. The summed E-state index contributed by atoms with van der Waals surface area (Å²) < 4.78 is 0. The molecule has 2 aromatic rings. The zero-order valence-corrected chi connectivity index (χ0v) is 15.7. The summed E-state index contributed by atoms with van der Waals surface area (Å²) >= 11 is 0. The van der Waals surface area contributed by atoms with Crippen LogP contribution in [0.3, 0.4) is 0 Å². The lowest BCUT2D eigenvalue weighted by Gasteiger charge is -2.25. The van der Waals surface area contributed by atoms with Gasteiger partial charge in [0.05, 0.1) is 0 Å². The highest BCUT2D eigenvalue weighted by Crippen LogP contribution is 2.14. The van der Waals surface area contributed by atoms with Gasteiger partial charge in [0.2, 0.25) is 11.8 Å². The van der Waals surface area contributed by atoms with Crippen LogP contribution in [0, 0.1) is 12.8 Å². The Morgan fingerprint density at radius 1 is 1.04 bits per heavy atom. The number of piperidine rings is 1. The molecule has 1 aliphatic rings. The molecule has 0 unspecified atom stereocenters. The van der Waals surface area contributed by atoms with Gasteiger partial charge >= 0.3 is 0 Å². The van der Waals surface area contributed by atoms with Gasteiger partial charge in [-0.25, -0.2) is 0 Å². The lowest BCUT2D eigenvalue weighted by Crippen LogP contribution is -2.48. The molecule has 2 aromatic carbocycles. The smallest absolute Gasteiger partial charge is 0.247 e. The third kappa shape index (κ3) is 5.66. The summed E-state index contributed by atoms with van der Waals surface area (Å²) in [5, 5.41) is 9.18. The van der Waals surface area contributed by atoms with E-state index in [0.717, 1.165) is 42.7 Å². The van der Waals surface area contributed by atoms with Crippen molar-refractivity contribution in [3.8, 4) is 0 Å². The fraction of sp³-hybridized carbons (Fsp3) is 0.364.